The maximum atomic E-state index is 12.9. The standard InChI is InChI=1S/C50H81N3O17P2/c1-3-5-7-9-11-13-15-17-18-19-21-23-25-27-29-33-45(56)65-37-40(68-46(57)34-30-32-42(55)41(54)31-28-26-24-22-20-16-14-12-10-8-6-4-2)38-66-71(61,62)70-72(63,64)67-39-43-47(58)48(59)49(69-43)53-36-35-44(51)52-50(53)60/h6,8,11-14,17-18,20,22,26,28,35-36,40-43,47-49,54-55,58-59H,3-5,7,9-10,15-16,19,21,23-25,27,29-34,37-39H2,1-2H3,(H,61,62)(H,63,64)(H2,51,52,60)/b8-6-,13-11-,14-12-,18-17-,22-20-,28-26-/t40-,41-,42-,43-,47-,48-,49-/m1/s1. The zero-order chi connectivity index (χ0) is 53.0. The molecule has 8 N–H and O–H groups in total. The molecular formula is C50H81N3O17P2. The van der Waals surface area contributed by atoms with Gasteiger partial charge in [-0.15, -0.1) is 0 Å². The fourth-order valence-corrected chi connectivity index (χ4v) is 9.07. The molecular weight excluding hydrogens is 977 g/mol. The molecule has 2 rings (SSSR count). The van der Waals surface area contributed by atoms with E-state index in [0.717, 1.165) is 75.0 Å². The zero-order valence-electron chi connectivity index (χ0n) is 41.9. The van der Waals surface area contributed by atoms with Crippen LogP contribution in [0, 0.1) is 0 Å². The molecule has 0 aromatic carbocycles. The molecule has 1 aliphatic rings. The van der Waals surface area contributed by atoms with Crippen LogP contribution < -0.4 is 11.4 Å². The van der Waals surface area contributed by atoms with Crippen molar-refractivity contribution in [2.24, 2.45) is 0 Å². The lowest BCUT2D eigenvalue weighted by atomic mass is 10.0. The van der Waals surface area contributed by atoms with E-state index in [2.05, 4.69) is 71.8 Å². The first-order valence-electron chi connectivity index (χ1n) is 25.1. The van der Waals surface area contributed by atoms with Gasteiger partial charge in [0.25, 0.3) is 0 Å². The summed E-state index contributed by atoms with van der Waals surface area (Å²) in [7, 11) is -11.0. The van der Waals surface area contributed by atoms with Crippen molar-refractivity contribution in [1.82, 2.24) is 9.55 Å². The zero-order valence-corrected chi connectivity index (χ0v) is 43.7. The Hall–Kier alpha value is -3.88. The predicted molar refractivity (Wildman–Crippen MR) is 273 cm³/mol. The molecule has 0 aliphatic carbocycles. The van der Waals surface area contributed by atoms with Crippen molar-refractivity contribution < 1.29 is 76.5 Å². The molecule has 2 heterocycles. The Morgan fingerprint density at radius 3 is 1.94 bits per heavy atom. The molecule has 1 aromatic rings. The summed E-state index contributed by atoms with van der Waals surface area (Å²) in [6.07, 6.45) is 30.0. The van der Waals surface area contributed by atoms with Gasteiger partial charge in [0.15, 0.2) is 12.3 Å². The number of unbranched alkanes of at least 4 members (excludes halogenated alkanes) is 8. The van der Waals surface area contributed by atoms with Gasteiger partial charge in [0, 0.05) is 19.0 Å². The number of carbonyl (C=O) groups is 2. The summed E-state index contributed by atoms with van der Waals surface area (Å²) in [5.74, 6) is -1.62. The van der Waals surface area contributed by atoms with Gasteiger partial charge in [0.2, 0.25) is 0 Å². The number of ether oxygens (including phenoxy) is 3. The van der Waals surface area contributed by atoms with E-state index >= 15 is 0 Å². The molecule has 0 spiro atoms. The first-order chi connectivity index (χ1) is 34.5. The van der Waals surface area contributed by atoms with Crippen LogP contribution in [0.4, 0.5) is 5.82 Å². The average Bonchev–Trinajstić information content (AvgIpc) is 3.61. The number of aliphatic hydroxyl groups is 4. The van der Waals surface area contributed by atoms with Crippen LogP contribution in [0.3, 0.4) is 0 Å². The maximum absolute atomic E-state index is 12.9. The fourth-order valence-electron chi connectivity index (χ4n) is 6.96. The number of phosphoric ester groups is 2. The molecule has 1 saturated heterocycles. The first kappa shape index (κ1) is 64.2. The highest BCUT2D eigenvalue weighted by Gasteiger charge is 2.46. The van der Waals surface area contributed by atoms with Gasteiger partial charge in [-0.2, -0.15) is 9.29 Å². The highest BCUT2D eigenvalue weighted by atomic mass is 31.3. The molecule has 0 saturated carbocycles. The van der Waals surface area contributed by atoms with Gasteiger partial charge in [-0.1, -0.05) is 119 Å². The maximum Gasteiger partial charge on any atom is 0.481 e. The molecule has 22 heteroatoms. The molecule has 408 valence electrons. The van der Waals surface area contributed by atoms with E-state index in [4.69, 9.17) is 29.0 Å². The molecule has 0 bridgehead atoms. The molecule has 20 nitrogen and oxygen atoms in total. The monoisotopic (exact) mass is 1060 g/mol. The molecule has 0 radical (unpaired) electrons. The Morgan fingerprint density at radius 1 is 0.736 bits per heavy atom. The third-order valence-corrected chi connectivity index (χ3v) is 13.6. The van der Waals surface area contributed by atoms with Crippen LogP contribution in [0.15, 0.2) is 90.0 Å². The number of aliphatic hydroxyl groups excluding tert-OH is 4. The number of nitrogens with two attached hydrogens (primary N) is 1. The van der Waals surface area contributed by atoms with Gasteiger partial charge >= 0.3 is 33.3 Å². The Kier molecular flexibility index (Phi) is 33.7. The number of rotatable bonds is 40. The molecule has 0 amide bonds. The summed E-state index contributed by atoms with van der Waals surface area (Å²) < 4.78 is 56.5. The quantitative estimate of drug-likeness (QED) is 0.0141. The second-order valence-electron chi connectivity index (χ2n) is 17.2. The van der Waals surface area contributed by atoms with Crippen LogP contribution in [-0.4, -0.2) is 108 Å². The molecule has 72 heavy (non-hydrogen) atoms. The number of hydrogen-bond acceptors (Lipinski definition) is 17. The van der Waals surface area contributed by atoms with E-state index in [-0.39, 0.29) is 37.9 Å². The number of aromatic nitrogens is 2. The average molecular weight is 1060 g/mol. The SMILES string of the molecule is CC/C=C\C/C=C\C/C=C\C/C=C\C[C@@H](O)[C@H](O)CCCC(=O)O[C@H](COC(=O)CCCCCCC/C=C\C/C=C\CCCCC)COP(=O)(O)OP(=O)(O)OC[C@H]1O[C@@H](n2ccc(N)nc2=O)[C@H](O)[C@@H]1O. The normalized spacial score (nSPS) is 20.6. The summed E-state index contributed by atoms with van der Waals surface area (Å²) in [5, 5.41) is 41.8. The van der Waals surface area contributed by atoms with Crippen LogP contribution in [0.2, 0.25) is 0 Å². The summed E-state index contributed by atoms with van der Waals surface area (Å²) in [6.45, 7) is 1.70. The topological polar surface area (TPSA) is 306 Å². The van der Waals surface area contributed by atoms with Crippen molar-refractivity contribution in [2.75, 3.05) is 25.6 Å². The van der Waals surface area contributed by atoms with E-state index in [1.54, 1.807) is 6.08 Å². The number of carbonyl (C=O) groups excluding carboxylic acids is 2. The van der Waals surface area contributed by atoms with Gasteiger partial charge in [-0.3, -0.25) is 23.2 Å². The highest BCUT2D eigenvalue weighted by Crippen LogP contribution is 2.60. The summed E-state index contributed by atoms with van der Waals surface area (Å²) in [6, 6.07) is 1.23. The van der Waals surface area contributed by atoms with Crippen LogP contribution in [0.1, 0.15) is 148 Å². The van der Waals surface area contributed by atoms with E-state index in [1.807, 2.05) is 18.2 Å². The van der Waals surface area contributed by atoms with Crippen molar-refractivity contribution in [3.05, 3.63) is 95.7 Å². The Balaban J connectivity index is 1.89. The molecule has 1 aromatic heterocycles. The number of nitrogens with zero attached hydrogens (tertiary/aromatic N) is 2. The van der Waals surface area contributed by atoms with E-state index < -0.39 is 95.9 Å². The van der Waals surface area contributed by atoms with Crippen LogP contribution in [-0.2, 0) is 46.3 Å². The van der Waals surface area contributed by atoms with Crippen LogP contribution >= 0.6 is 15.6 Å². The molecule has 1 aliphatic heterocycles. The number of phosphoric acid groups is 2. The molecule has 1 fully saturated rings. The van der Waals surface area contributed by atoms with E-state index in [0.29, 0.717) is 12.8 Å². The lowest BCUT2D eigenvalue weighted by Gasteiger charge is -2.22. The predicted octanol–water partition coefficient (Wildman–Crippen LogP) is 8.05. The van der Waals surface area contributed by atoms with Crippen molar-refractivity contribution >= 4 is 33.4 Å². The summed E-state index contributed by atoms with van der Waals surface area (Å²) in [5.41, 5.74) is 4.56. The lowest BCUT2D eigenvalue weighted by molar-refractivity contribution is -0.161. The van der Waals surface area contributed by atoms with Crippen molar-refractivity contribution in [3.8, 4) is 0 Å². The Morgan fingerprint density at radius 2 is 1.31 bits per heavy atom. The summed E-state index contributed by atoms with van der Waals surface area (Å²) >= 11 is 0. The summed E-state index contributed by atoms with van der Waals surface area (Å²) in [4.78, 5) is 61.9. The van der Waals surface area contributed by atoms with Crippen molar-refractivity contribution in [1.29, 1.82) is 0 Å². The second kappa shape index (κ2) is 37.8. The minimum atomic E-state index is -5.51. The third kappa shape index (κ3) is 29.7. The fraction of sp³-hybridized carbons (Fsp3) is 0.640. The van der Waals surface area contributed by atoms with E-state index in [1.165, 1.54) is 25.3 Å². The lowest BCUT2D eigenvalue weighted by Crippen LogP contribution is -2.36. The number of esters is 2. The number of hydrogen-bond donors (Lipinski definition) is 7. The second-order valence-corrected chi connectivity index (χ2v) is 20.3. The number of allylic oxidation sites excluding steroid dienone is 11. The van der Waals surface area contributed by atoms with Gasteiger partial charge in [0.05, 0.1) is 25.4 Å². The largest absolute Gasteiger partial charge is 0.481 e. The van der Waals surface area contributed by atoms with Crippen molar-refractivity contribution in [3.63, 3.8) is 0 Å². The van der Waals surface area contributed by atoms with Gasteiger partial charge in [-0.25, -0.2) is 13.9 Å². The molecule has 9 atom stereocenters. The first-order valence-corrected chi connectivity index (χ1v) is 28.1. The number of nitrogen functional groups attached to an aromatic ring is 1. The third-order valence-electron chi connectivity index (χ3n) is 11.0. The van der Waals surface area contributed by atoms with Gasteiger partial charge in [0.1, 0.15) is 30.7 Å². The minimum absolute atomic E-state index is 0.0264. The van der Waals surface area contributed by atoms with Crippen molar-refractivity contribution in [2.45, 2.75) is 185 Å². The minimum Gasteiger partial charge on any atom is -0.462 e. The van der Waals surface area contributed by atoms with Gasteiger partial charge < -0.3 is 50.2 Å². The highest BCUT2D eigenvalue weighted by molar-refractivity contribution is 7.61. The smallest absolute Gasteiger partial charge is 0.462 e. The van der Waals surface area contributed by atoms with Crippen LogP contribution in [0.5, 0.6) is 0 Å². The Labute approximate surface area is 424 Å². The van der Waals surface area contributed by atoms with Crippen LogP contribution in [0.25, 0.3) is 0 Å². The van der Waals surface area contributed by atoms with Gasteiger partial charge in [-0.05, 0) is 89.5 Å². The number of anilines is 1. The molecule has 2 unspecified atom stereocenters. The Bertz CT molecular complexity index is 2030. The van der Waals surface area contributed by atoms with E-state index in [9.17, 15) is 53.7 Å².